The fraction of sp³-hybridized carbons (Fsp3) is 0.515. The number of non-ortho nitro benzene ring substituents is 2. The molecule has 3 fully saturated rings. The van der Waals surface area contributed by atoms with Gasteiger partial charge in [0.25, 0.3) is 11.4 Å². The molecule has 0 spiro atoms. The zero-order chi connectivity index (χ0) is 31.4. The van der Waals surface area contributed by atoms with E-state index in [1.165, 1.54) is 54.1 Å². The first-order valence-corrected chi connectivity index (χ1v) is 15.1. The van der Waals surface area contributed by atoms with Crippen LogP contribution in [0.4, 0.5) is 11.4 Å². The van der Waals surface area contributed by atoms with Crippen LogP contribution in [0.15, 0.2) is 60.2 Å². The SMILES string of the molecule is CC12CCC(OC(=O)c3ccc([N+](=O)[O-])cc3)CC1=CCC1C2CCC2(C)C1OCC2(C)OC(=O)c1ccc([N+](=O)[O-])cc1. The van der Waals surface area contributed by atoms with Crippen LogP contribution in [0, 0.1) is 42.9 Å². The van der Waals surface area contributed by atoms with Crippen LogP contribution in [0.2, 0.25) is 0 Å². The van der Waals surface area contributed by atoms with E-state index in [4.69, 9.17) is 14.2 Å². The van der Waals surface area contributed by atoms with Crippen molar-refractivity contribution in [1.29, 1.82) is 0 Å². The topological polar surface area (TPSA) is 148 Å². The average molecular weight is 605 g/mol. The number of fused-ring (bicyclic) bond motifs is 5. The fourth-order valence-corrected chi connectivity index (χ4v) is 8.25. The van der Waals surface area contributed by atoms with Crippen molar-refractivity contribution in [1.82, 2.24) is 0 Å². The highest BCUT2D eigenvalue weighted by atomic mass is 16.6. The first-order valence-electron chi connectivity index (χ1n) is 15.1. The molecule has 44 heavy (non-hydrogen) atoms. The number of benzene rings is 2. The van der Waals surface area contributed by atoms with E-state index in [1.807, 2.05) is 6.92 Å². The number of allylic oxidation sites excluding steroid dienone is 1. The van der Waals surface area contributed by atoms with Gasteiger partial charge in [-0.1, -0.05) is 25.5 Å². The molecule has 6 rings (SSSR count). The molecule has 7 unspecified atom stereocenters. The van der Waals surface area contributed by atoms with Crippen LogP contribution in [-0.4, -0.2) is 46.2 Å². The van der Waals surface area contributed by atoms with Crippen molar-refractivity contribution in [2.24, 2.45) is 22.7 Å². The molecule has 232 valence electrons. The van der Waals surface area contributed by atoms with E-state index in [0.29, 0.717) is 17.9 Å². The molecule has 2 saturated carbocycles. The third kappa shape index (κ3) is 4.87. The van der Waals surface area contributed by atoms with Gasteiger partial charge in [-0.15, -0.1) is 0 Å². The van der Waals surface area contributed by atoms with Gasteiger partial charge in [-0.25, -0.2) is 9.59 Å². The zero-order valence-corrected chi connectivity index (χ0v) is 25.0. The molecule has 1 aliphatic heterocycles. The van der Waals surface area contributed by atoms with Crippen LogP contribution >= 0.6 is 0 Å². The quantitative estimate of drug-likeness (QED) is 0.154. The third-order valence-corrected chi connectivity index (χ3v) is 11.1. The highest BCUT2D eigenvalue weighted by Crippen LogP contribution is 2.64. The smallest absolute Gasteiger partial charge is 0.338 e. The molecule has 7 atom stereocenters. The van der Waals surface area contributed by atoms with Gasteiger partial charge in [-0.3, -0.25) is 20.2 Å². The van der Waals surface area contributed by atoms with Gasteiger partial charge >= 0.3 is 11.9 Å². The lowest BCUT2D eigenvalue weighted by molar-refractivity contribution is -0.385. The number of carbonyl (C=O) groups is 2. The Balaban J connectivity index is 1.14. The lowest BCUT2D eigenvalue weighted by Gasteiger charge is -2.57. The highest BCUT2D eigenvalue weighted by Gasteiger charge is 2.65. The van der Waals surface area contributed by atoms with Crippen LogP contribution in [0.25, 0.3) is 0 Å². The molecule has 4 aliphatic rings. The maximum Gasteiger partial charge on any atom is 0.338 e. The van der Waals surface area contributed by atoms with Gasteiger partial charge in [0.05, 0.1) is 33.7 Å². The van der Waals surface area contributed by atoms with Crippen molar-refractivity contribution in [2.45, 2.75) is 77.1 Å². The molecule has 0 amide bonds. The second kappa shape index (κ2) is 10.8. The summed E-state index contributed by atoms with van der Waals surface area (Å²) >= 11 is 0. The standard InChI is InChI=1S/C33H36N2O9/c1-31-16-14-25(43-29(36)20-4-9-23(10-5-20)34(38)39)18-22(31)8-13-26-27(31)15-17-32(2)28(26)42-19-33(32,3)44-30(37)21-6-11-24(12-7-21)35(40)41/h4-12,25-28H,13-19H2,1-3H3. The summed E-state index contributed by atoms with van der Waals surface area (Å²) in [6, 6.07) is 10.9. The van der Waals surface area contributed by atoms with E-state index in [0.717, 1.165) is 32.1 Å². The summed E-state index contributed by atoms with van der Waals surface area (Å²) in [5.74, 6) is -0.367. The summed E-state index contributed by atoms with van der Waals surface area (Å²) in [6.45, 7) is 6.69. The summed E-state index contributed by atoms with van der Waals surface area (Å²) in [5, 5.41) is 21.9. The Bertz CT molecular complexity index is 1540. The molecule has 0 N–H and O–H groups in total. The Hall–Kier alpha value is -4.12. The first-order chi connectivity index (χ1) is 20.8. The van der Waals surface area contributed by atoms with Crippen LogP contribution in [-0.2, 0) is 14.2 Å². The fourth-order valence-electron chi connectivity index (χ4n) is 8.25. The minimum absolute atomic E-state index is 0.0572. The second-order valence-corrected chi connectivity index (χ2v) is 13.3. The van der Waals surface area contributed by atoms with E-state index in [9.17, 15) is 29.8 Å². The number of hydrogen-bond donors (Lipinski definition) is 0. The number of hydrogen-bond acceptors (Lipinski definition) is 9. The number of carbonyl (C=O) groups excluding carboxylic acids is 2. The Labute approximate surface area is 254 Å². The number of ether oxygens (including phenoxy) is 3. The van der Waals surface area contributed by atoms with Crippen molar-refractivity contribution in [3.63, 3.8) is 0 Å². The van der Waals surface area contributed by atoms with Gasteiger partial charge in [0.2, 0.25) is 0 Å². The molecule has 11 nitrogen and oxygen atoms in total. The van der Waals surface area contributed by atoms with Gasteiger partial charge in [0, 0.05) is 36.1 Å². The number of rotatable bonds is 6. The Kier molecular flexibility index (Phi) is 7.34. The monoisotopic (exact) mass is 604 g/mol. The van der Waals surface area contributed by atoms with Crippen LogP contribution < -0.4 is 0 Å². The highest BCUT2D eigenvalue weighted by molar-refractivity contribution is 5.90. The molecule has 2 aromatic carbocycles. The van der Waals surface area contributed by atoms with Gasteiger partial charge in [-0.2, -0.15) is 0 Å². The lowest BCUT2D eigenvalue weighted by atomic mass is 9.48. The molecular weight excluding hydrogens is 568 g/mol. The zero-order valence-electron chi connectivity index (χ0n) is 25.0. The first kappa shape index (κ1) is 29.9. The summed E-state index contributed by atoms with van der Waals surface area (Å²) in [7, 11) is 0. The number of nitro benzene ring substituents is 2. The van der Waals surface area contributed by atoms with Crippen LogP contribution in [0.5, 0.6) is 0 Å². The van der Waals surface area contributed by atoms with E-state index >= 15 is 0 Å². The molecule has 1 heterocycles. The Morgan fingerprint density at radius 1 is 0.864 bits per heavy atom. The minimum atomic E-state index is -0.851. The van der Waals surface area contributed by atoms with Crippen molar-refractivity contribution in [3.8, 4) is 0 Å². The molecule has 11 heteroatoms. The van der Waals surface area contributed by atoms with Crippen LogP contribution in [0.3, 0.4) is 0 Å². The molecule has 0 bridgehead atoms. The van der Waals surface area contributed by atoms with Crippen LogP contribution in [0.1, 0.15) is 80.0 Å². The average Bonchev–Trinajstić information content (AvgIpc) is 3.27. The van der Waals surface area contributed by atoms with Crippen molar-refractivity contribution in [3.05, 3.63) is 91.5 Å². The van der Waals surface area contributed by atoms with E-state index in [2.05, 4.69) is 19.9 Å². The van der Waals surface area contributed by atoms with Gasteiger partial charge in [0.1, 0.15) is 11.7 Å². The molecule has 1 saturated heterocycles. The lowest BCUT2D eigenvalue weighted by Crippen LogP contribution is -2.57. The van der Waals surface area contributed by atoms with Crippen molar-refractivity contribution >= 4 is 23.3 Å². The van der Waals surface area contributed by atoms with E-state index in [1.54, 1.807) is 0 Å². The second-order valence-electron chi connectivity index (χ2n) is 13.3. The summed E-state index contributed by atoms with van der Waals surface area (Å²) < 4.78 is 18.5. The number of nitro groups is 2. The molecule has 0 aromatic heterocycles. The third-order valence-electron chi connectivity index (χ3n) is 11.1. The predicted octanol–water partition coefficient (Wildman–Crippen LogP) is 6.60. The summed E-state index contributed by atoms with van der Waals surface area (Å²) in [5.41, 5.74) is 0.399. The maximum atomic E-state index is 13.1. The normalized spacial score (nSPS) is 34.0. The largest absolute Gasteiger partial charge is 0.458 e. The predicted molar refractivity (Wildman–Crippen MR) is 158 cm³/mol. The van der Waals surface area contributed by atoms with E-state index < -0.39 is 32.8 Å². The molecule has 3 aliphatic carbocycles. The van der Waals surface area contributed by atoms with Gasteiger partial charge < -0.3 is 14.2 Å². The summed E-state index contributed by atoms with van der Waals surface area (Å²) in [6.07, 6.45) is 6.79. The van der Waals surface area contributed by atoms with Gasteiger partial charge in [0.15, 0.2) is 0 Å². The molecule has 0 radical (unpaired) electrons. The molecular formula is C33H36N2O9. The van der Waals surface area contributed by atoms with E-state index in [-0.39, 0.29) is 47.1 Å². The Morgan fingerprint density at radius 3 is 2.05 bits per heavy atom. The minimum Gasteiger partial charge on any atom is -0.458 e. The Morgan fingerprint density at radius 2 is 1.45 bits per heavy atom. The summed E-state index contributed by atoms with van der Waals surface area (Å²) in [4.78, 5) is 46.9. The number of esters is 2. The van der Waals surface area contributed by atoms with Crippen molar-refractivity contribution in [2.75, 3.05) is 6.61 Å². The molecule has 2 aromatic rings. The number of nitrogens with zero attached hydrogens (tertiary/aromatic N) is 2. The van der Waals surface area contributed by atoms with Gasteiger partial charge in [-0.05, 0) is 80.5 Å². The van der Waals surface area contributed by atoms with Crippen molar-refractivity contribution < 1.29 is 33.6 Å². The maximum absolute atomic E-state index is 13.1.